The molecule has 1 amide bonds. The highest BCUT2D eigenvalue weighted by Gasteiger charge is 2.22. The number of benzene rings is 2. The average molecular weight is 388 g/mol. The summed E-state index contributed by atoms with van der Waals surface area (Å²) in [6, 6.07) is 8.70. The van der Waals surface area contributed by atoms with Gasteiger partial charge >= 0.3 is 5.97 Å². The molecule has 0 heterocycles. The summed E-state index contributed by atoms with van der Waals surface area (Å²) >= 11 is 0. The summed E-state index contributed by atoms with van der Waals surface area (Å²) in [5.74, 6) is 0.164. The van der Waals surface area contributed by atoms with Crippen LogP contribution in [-0.2, 0) is 16.0 Å². The molecule has 2 rings (SSSR count). The molecule has 0 aromatic heterocycles. The smallest absolute Gasteiger partial charge is 0.345 e. The van der Waals surface area contributed by atoms with Gasteiger partial charge in [0.2, 0.25) is 5.91 Å². The first-order valence-corrected chi connectivity index (χ1v) is 8.18. The molecule has 2 aromatic carbocycles. The van der Waals surface area contributed by atoms with Crippen LogP contribution in [0.5, 0.6) is 17.2 Å². The molecule has 0 saturated heterocycles. The van der Waals surface area contributed by atoms with Crippen molar-refractivity contribution in [1.29, 1.82) is 0 Å². The number of hydrogen-bond acceptors (Lipinski definition) is 7. The lowest BCUT2D eigenvalue weighted by Crippen LogP contribution is -2.23. The molecule has 9 nitrogen and oxygen atoms in total. The average Bonchev–Trinajstić information content (AvgIpc) is 2.67. The Morgan fingerprint density at radius 2 is 1.71 bits per heavy atom. The molecule has 0 fully saturated rings. The van der Waals surface area contributed by atoms with Crippen LogP contribution in [0.25, 0.3) is 0 Å². The van der Waals surface area contributed by atoms with Crippen LogP contribution in [0.4, 0.5) is 5.69 Å². The molecule has 2 aromatic rings. The Morgan fingerprint density at radius 1 is 1.07 bits per heavy atom. The second-order valence-corrected chi connectivity index (χ2v) is 5.97. The van der Waals surface area contributed by atoms with E-state index in [-0.39, 0.29) is 29.3 Å². The highest BCUT2D eigenvalue weighted by molar-refractivity contribution is 5.94. The monoisotopic (exact) mass is 388 g/mol. The topological polar surface area (TPSA) is 108 Å². The molecule has 0 atom stereocenters. The van der Waals surface area contributed by atoms with E-state index < -0.39 is 10.9 Å². The Balaban J connectivity index is 2.36. The van der Waals surface area contributed by atoms with E-state index >= 15 is 0 Å². The molecule has 0 aliphatic heterocycles. The minimum absolute atomic E-state index is 0.112. The number of methoxy groups -OCH3 is 2. The van der Waals surface area contributed by atoms with E-state index in [9.17, 15) is 19.7 Å². The first-order chi connectivity index (χ1) is 13.3. The minimum Gasteiger partial charge on any atom is -0.496 e. The third-order valence-corrected chi connectivity index (χ3v) is 3.90. The van der Waals surface area contributed by atoms with Crippen molar-refractivity contribution in [2.24, 2.45) is 0 Å². The molecule has 0 spiro atoms. The molecular formula is C19H20N2O7. The molecule has 0 saturated carbocycles. The van der Waals surface area contributed by atoms with Gasteiger partial charge in [-0.1, -0.05) is 0 Å². The Bertz CT molecular complexity index is 909. The van der Waals surface area contributed by atoms with Crippen molar-refractivity contribution in [3.8, 4) is 17.2 Å². The summed E-state index contributed by atoms with van der Waals surface area (Å²) in [6.45, 7) is 0. The van der Waals surface area contributed by atoms with Crippen molar-refractivity contribution in [3.05, 3.63) is 57.6 Å². The molecule has 0 radical (unpaired) electrons. The third-order valence-electron chi connectivity index (χ3n) is 3.90. The van der Waals surface area contributed by atoms with E-state index in [1.165, 1.54) is 30.2 Å². The van der Waals surface area contributed by atoms with Crippen molar-refractivity contribution in [2.75, 3.05) is 28.3 Å². The Morgan fingerprint density at radius 3 is 2.29 bits per heavy atom. The van der Waals surface area contributed by atoms with Crippen LogP contribution in [-0.4, -0.2) is 50.0 Å². The van der Waals surface area contributed by atoms with Crippen molar-refractivity contribution in [3.63, 3.8) is 0 Å². The lowest BCUT2D eigenvalue weighted by atomic mass is 10.1. The van der Waals surface area contributed by atoms with Crippen molar-refractivity contribution < 1.29 is 28.7 Å². The highest BCUT2D eigenvalue weighted by atomic mass is 16.6. The van der Waals surface area contributed by atoms with Gasteiger partial charge in [0.15, 0.2) is 0 Å². The van der Waals surface area contributed by atoms with Gasteiger partial charge in [0, 0.05) is 31.8 Å². The largest absolute Gasteiger partial charge is 0.496 e. The number of ether oxygens (including phenoxy) is 3. The van der Waals surface area contributed by atoms with Gasteiger partial charge in [-0.05, 0) is 24.3 Å². The van der Waals surface area contributed by atoms with Gasteiger partial charge in [-0.2, -0.15) is 0 Å². The fraction of sp³-hybridized carbons (Fsp3) is 0.263. The third kappa shape index (κ3) is 4.76. The zero-order valence-electron chi connectivity index (χ0n) is 15.9. The maximum absolute atomic E-state index is 12.0. The summed E-state index contributed by atoms with van der Waals surface area (Å²) in [4.78, 5) is 35.7. The van der Waals surface area contributed by atoms with Crippen LogP contribution in [0.2, 0.25) is 0 Å². The molecular weight excluding hydrogens is 368 g/mol. The maximum atomic E-state index is 12.0. The first-order valence-electron chi connectivity index (χ1n) is 8.18. The maximum Gasteiger partial charge on any atom is 0.345 e. The Kier molecular flexibility index (Phi) is 6.54. The van der Waals surface area contributed by atoms with Crippen LogP contribution in [0.1, 0.15) is 15.9 Å². The lowest BCUT2D eigenvalue weighted by molar-refractivity contribution is -0.385. The van der Waals surface area contributed by atoms with E-state index in [1.807, 2.05) is 0 Å². The minimum atomic E-state index is -0.843. The van der Waals surface area contributed by atoms with Gasteiger partial charge in [0.25, 0.3) is 5.69 Å². The van der Waals surface area contributed by atoms with E-state index in [1.54, 1.807) is 32.3 Å². The van der Waals surface area contributed by atoms with Crippen LogP contribution in [0.15, 0.2) is 36.4 Å². The van der Waals surface area contributed by atoms with Crippen molar-refractivity contribution >= 4 is 17.6 Å². The normalized spacial score (nSPS) is 10.1. The Hall–Kier alpha value is -3.62. The molecule has 148 valence electrons. The highest BCUT2D eigenvalue weighted by Crippen LogP contribution is 2.31. The summed E-state index contributed by atoms with van der Waals surface area (Å²) in [7, 11) is 5.94. The summed E-state index contributed by atoms with van der Waals surface area (Å²) in [6.07, 6.45) is 0.112. The predicted octanol–water partition coefficient (Wildman–Crippen LogP) is 2.81. The second kappa shape index (κ2) is 8.85. The summed E-state index contributed by atoms with van der Waals surface area (Å²) in [5.41, 5.74) is 0.0153. The first kappa shape index (κ1) is 20.7. The molecule has 0 N–H and O–H groups in total. The van der Waals surface area contributed by atoms with Crippen molar-refractivity contribution in [1.82, 2.24) is 4.90 Å². The fourth-order valence-electron chi connectivity index (χ4n) is 2.43. The zero-order valence-corrected chi connectivity index (χ0v) is 15.9. The van der Waals surface area contributed by atoms with E-state index in [2.05, 4.69) is 4.74 Å². The fourth-order valence-corrected chi connectivity index (χ4v) is 2.43. The number of nitro benzene ring substituents is 1. The molecule has 9 heteroatoms. The van der Waals surface area contributed by atoms with Crippen LogP contribution in [0.3, 0.4) is 0 Å². The number of carbonyl (C=O) groups is 2. The predicted molar refractivity (Wildman–Crippen MR) is 99.9 cm³/mol. The van der Waals surface area contributed by atoms with Gasteiger partial charge < -0.3 is 19.1 Å². The molecule has 0 bridgehead atoms. The van der Waals surface area contributed by atoms with Gasteiger partial charge in [-0.25, -0.2) is 4.79 Å². The number of carbonyl (C=O) groups excluding carboxylic acids is 2. The molecule has 28 heavy (non-hydrogen) atoms. The quantitative estimate of drug-likeness (QED) is 0.408. The SMILES string of the molecule is COC(=O)c1cc(Oc2ccc(OC)c(CC(=O)N(C)C)c2)ccc1[N+](=O)[O-]. The van der Waals surface area contributed by atoms with Gasteiger partial charge in [0.05, 0.1) is 25.6 Å². The number of rotatable bonds is 7. The molecule has 0 unspecified atom stereocenters. The van der Waals surface area contributed by atoms with Crippen LogP contribution in [0, 0.1) is 10.1 Å². The van der Waals surface area contributed by atoms with Crippen LogP contribution >= 0.6 is 0 Å². The summed E-state index contributed by atoms with van der Waals surface area (Å²) in [5, 5.41) is 11.1. The van der Waals surface area contributed by atoms with E-state index in [0.717, 1.165) is 7.11 Å². The number of hydrogen-bond donors (Lipinski definition) is 0. The number of amides is 1. The van der Waals surface area contributed by atoms with E-state index in [4.69, 9.17) is 9.47 Å². The lowest BCUT2D eigenvalue weighted by Gasteiger charge is -2.14. The number of esters is 1. The summed E-state index contributed by atoms with van der Waals surface area (Å²) < 4.78 is 15.6. The number of nitrogens with zero attached hydrogens (tertiary/aromatic N) is 2. The van der Waals surface area contributed by atoms with Gasteiger partial charge in [-0.3, -0.25) is 14.9 Å². The van der Waals surface area contributed by atoms with Gasteiger partial charge in [0.1, 0.15) is 22.8 Å². The molecule has 0 aliphatic carbocycles. The standard InChI is InChI=1S/C19H20N2O7/c1-20(2)18(22)10-12-9-13(6-8-17(12)26-3)28-14-5-7-16(21(24)25)15(11-14)19(23)27-4/h5-9,11H,10H2,1-4H3. The Labute approximate surface area is 161 Å². The zero-order chi connectivity index (χ0) is 20.8. The van der Waals surface area contributed by atoms with E-state index in [0.29, 0.717) is 17.1 Å². The second-order valence-electron chi connectivity index (χ2n) is 5.97. The van der Waals surface area contributed by atoms with Crippen molar-refractivity contribution in [2.45, 2.75) is 6.42 Å². The molecule has 0 aliphatic rings. The number of likely N-dealkylation sites (N-methyl/N-ethyl adjacent to an activating group) is 1. The van der Waals surface area contributed by atoms with Gasteiger partial charge in [-0.15, -0.1) is 0 Å². The number of nitro groups is 1. The van der Waals surface area contributed by atoms with Crippen LogP contribution < -0.4 is 9.47 Å².